The van der Waals surface area contributed by atoms with Crippen molar-refractivity contribution in [2.75, 3.05) is 4.90 Å². The van der Waals surface area contributed by atoms with Crippen LogP contribution >= 0.6 is 0 Å². The van der Waals surface area contributed by atoms with Crippen LogP contribution in [0.3, 0.4) is 0 Å². The predicted molar refractivity (Wildman–Crippen MR) is 88.4 cm³/mol. The minimum absolute atomic E-state index is 0.0334. The lowest BCUT2D eigenvalue weighted by Gasteiger charge is -2.14. The number of imide groups is 1. The van der Waals surface area contributed by atoms with Gasteiger partial charge >= 0.3 is 5.97 Å². The Kier molecular flexibility index (Phi) is 4.57. The van der Waals surface area contributed by atoms with E-state index in [-0.39, 0.29) is 36.8 Å². The summed E-state index contributed by atoms with van der Waals surface area (Å²) in [6, 6.07) is 15.1. The minimum Gasteiger partial charge on any atom is -0.457 e. The summed E-state index contributed by atoms with van der Waals surface area (Å²) in [7, 11) is 0. The molecule has 0 saturated carbocycles. The van der Waals surface area contributed by atoms with E-state index in [0.29, 0.717) is 16.8 Å². The van der Waals surface area contributed by atoms with Crippen LogP contribution in [0, 0.1) is 11.3 Å². The van der Waals surface area contributed by atoms with Crippen LogP contribution in [0.1, 0.15) is 34.3 Å². The molecule has 25 heavy (non-hydrogen) atoms. The number of nitrogens with zero attached hydrogens (tertiary/aromatic N) is 2. The van der Waals surface area contributed by atoms with Gasteiger partial charge in [0.1, 0.15) is 6.61 Å². The van der Waals surface area contributed by atoms with Gasteiger partial charge in [0.05, 0.1) is 22.9 Å². The van der Waals surface area contributed by atoms with Crippen molar-refractivity contribution >= 4 is 23.5 Å². The molecule has 2 aromatic carbocycles. The number of benzene rings is 2. The Morgan fingerprint density at radius 2 is 1.80 bits per heavy atom. The van der Waals surface area contributed by atoms with Gasteiger partial charge in [-0.15, -0.1) is 0 Å². The fourth-order valence-electron chi connectivity index (χ4n) is 2.62. The number of rotatable bonds is 4. The van der Waals surface area contributed by atoms with Crippen LogP contribution in [0.5, 0.6) is 0 Å². The molecule has 6 heteroatoms. The minimum atomic E-state index is -0.589. The van der Waals surface area contributed by atoms with Gasteiger partial charge in [-0.2, -0.15) is 5.26 Å². The van der Waals surface area contributed by atoms with Gasteiger partial charge in [-0.3, -0.25) is 14.5 Å². The van der Waals surface area contributed by atoms with Crippen molar-refractivity contribution < 1.29 is 19.1 Å². The summed E-state index contributed by atoms with van der Waals surface area (Å²) < 4.78 is 5.25. The van der Waals surface area contributed by atoms with E-state index in [1.54, 1.807) is 42.5 Å². The van der Waals surface area contributed by atoms with Crippen molar-refractivity contribution in [2.45, 2.75) is 19.4 Å². The summed E-state index contributed by atoms with van der Waals surface area (Å²) in [6.45, 7) is -0.0334. The average molecular weight is 334 g/mol. The molecule has 124 valence electrons. The average Bonchev–Trinajstić information content (AvgIpc) is 2.98. The highest BCUT2D eigenvalue weighted by molar-refractivity contribution is 6.20. The quantitative estimate of drug-likeness (QED) is 0.633. The molecule has 0 unspecified atom stereocenters. The largest absolute Gasteiger partial charge is 0.457 e. The van der Waals surface area contributed by atoms with E-state index in [2.05, 4.69) is 0 Å². The number of nitriles is 1. The molecule has 0 aromatic heterocycles. The molecule has 0 spiro atoms. The van der Waals surface area contributed by atoms with Crippen LogP contribution < -0.4 is 4.90 Å². The number of esters is 1. The second-order valence-corrected chi connectivity index (χ2v) is 5.52. The fourth-order valence-corrected chi connectivity index (χ4v) is 2.62. The molecule has 1 fully saturated rings. The van der Waals surface area contributed by atoms with Crippen molar-refractivity contribution in [3.8, 4) is 6.07 Å². The van der Waals surface area contributed by atoms with Gasteiger partial charge in [0.2, 0.25) is 11.8 Å². The Morgan fingerprint density at radius 3 is 2.52 bits per heavy atom. The summed E-state index contributed by atoms with van der Waals surface area (Å²) in [5.41, 5.74) is 1.65. The lowest BCUT2D eigenvalue weighted by atomic mass is 10.1. The van der Waals surface area contributed by atoms with Gasteiger partial charge in [0, 0.05) is 18.4 Å². The zero-order valence-corrected chi connectivity index (χ0v) is 13.3. The third-order valence-corrected chi connectivity index (χ3v) is 3.89. The molecule has 2 amide bonds. The van der Waals surface area contributed by atoms with E-state index < -0.39 is 5.97 Å². The maximum Gasteiger partial charge on any atom is 0.338 e. The highest BCUT2D eigenvalue weighted by atomic mass is 16.5. The van der Waals surface area contributed by atoms with Crippen LogP contribution in [-0.2, 0) is 20.9 Å². The van der Waals surface area contributed by atoms with E-state index in [1.165, 1.54) is 6.07 Å². The highest BCUT2D eigenvalue weighted by Gasteiger charge is 2.30. The van der Waals surface area contributed by atoms with E-state index in [1.807, 2.05) is 6.07 Å². The van der Waals surface area contributed by atoms with Crippen molar-refractivity contribution in [1.82, 2.24) is 0 Å². The Balaban J connectivity index is 1.75. The number of hydrogen-bond acceptors (Lipinski definition) is 5. The molecule has 0 radical (unpaired) electrons. The second-order valence-electron chi connectivity index (χ2n) is 5.52. The molecule has 0 atom stereocenters. The van der Waals surface area contributed by atoms with Gasteiger partial charge in [-0.25, -0.2) is 4.79 Å². The lowest BCUT2D eigenvalue weighted by molar-refractivity contribution is -0.121. The molecule has 2 aromatic rings. The number of hydrogen-bond donors (Lipinski definition) is 0. The van der Waals surface area contributed by atoms with Crippen LogP contribution in [0.2, 0.25) is 0 Å². The molecule has 1 aliphatic rings. The van der Waals surface area contributed by atoms with Crippen LogP contribution in [0.25, 0.3) is 0 Å². The number of carbonyl (C=O) groups excluding carboxylic acids is 3. The highest BCUT2D eigenvalue weighted by Crippen LogP contribution is 2.23. The maximum atomic E-state index is 12.3. The third-order valence-electron chi connectivity index (χ3n) is 3.89. The summed E-state index contributed by atoms with van der Waals surface area (Å²) >= 11 is 0. The Hall–Kier alpha value is -3.46. The smallest absolute Gasteiger partial charge is 0.338 e. The predicted octanol–water partition coefficient (Wildman–Crippen LogP) is 2.57. The lowest BCUT2D eigenvalue weighted by Crippen LogP contribution is -2.28. The molecule has 0 aliphatic carbocycles. The summed E-state index contributed by atoms with van der Waals surface area (Å²) in [4.78, 5) is 37.0. The Bertz CT molecular complexity index is 882. The number of carbonyl (C=O) groups is 3. The van der Waals surface area contributed by atoms with Gasteiger partial charge in [0.25, 0.3) is 0 Å². The van der Waals surface area contributed by atoms with E-state index in [0.717, 1.165) is 4.90 Å². The van der Waals surface area contributed by atoms with Crippen molar-refractivity contribution in [2.24, 2.45) is 0 Å². The fraction of sp³-hybridized carbons (Fsp3) is 0.158. The first-order chi connectivity index (χ1) is 12.1. The Labute approximate surface area is 144 Å². The first-order valence-electron chi connectivity index (χ1n) is 7.71. The number of anilines is 1. The molecule has 6 nitrogen and oxygen atoms in total. The first-order valence-corrected chi connectivity index (χ1v) is 7.71. The molecular weight excluding hydrogens is 320 g/mol. The SMILES string of the molecule is N#Cc1ccccc1COC(=O)c1cccc(N2C(=O)CCC2=O)c1. The summed E-state index contributed by atoms with van der Waals surface area (Å²) in [5.74, 6) is -1.15. The van der Waals surface area contributed by atoms with Crippen LogP contribution in [-0.4, -0.2) is 17.8 Å². The molecule has 1 aliphatic heterocycles. The Morgan fingerprint density at radius 1 is 1.08 bits per heavy atom. The standard InChI is InChI=1S/C19H14N2O4/c20-11-14-4-1-2-5-15(14)12-25-19(24)13-6-3-7-16(10-13)21-17(22)8-9-18(21)23/h1-7,10H,8-9,12H2. The van der Waals surface area contributed by atoms with Gasteiger partial charge in [0.15, 0.2) is 0 Å². The zero-order chi connectivity index (χ0) is 17.8. The van der Waals surface area contributed by atoms with E-state index in [9.17, 15) is 14.4 Å². The second kappa shape index (κ2) is 6.97. The third kappa shape index (κ3) is 3.40. The van der Waals surface area contributed by atoms with Gasteiger partial charge in [-0.05, 0) is 24.3 Å². The molecular formula is C19H14N2O4. The van der Waals surface area contributed by atoms with Crippen molar-refractivity contribution in [3.05, 3.63) is 65.2 Å². The van der Waals surface area contributed by atoms with Crippen molar-refractivity contribution in [1.29, 1.82) is 5.26 Å². The van der Waals surface area contributed by atoms with Crippen molar-refractivity contribution in [3.63, 3.8) is 0 Å². The van der Waals surface area contributed by atoms with Gasteiger partial charge < -0.3 is 4.74 Å². The van der Waals surface area contributed by atoms with E-state index in [4.69, 9.17) is 10.00 Å². The molecule has 3 rings (SSSR count). The van der Waals surface area contributed by atoms with Crippen LogP contribution in [0.4, 0.5) is 5.69 Å². The molecule has 0 bridgehead atoms. The monoisotopic (exact) mass is 334 g/mol. The number of ether oxygens (including phenoxy) is 1. The number of amides is 2. The van der Waals surface area contributed by atoms with Crippen LogP contribution in [0.15, 0.2) is 48.5 Å². The molecule has 0 N–H and O–H groups in total. The van der Waals surface area contributed by atoms with E-state index >= 15 is 0 Å². The molecule has 1 saturated heterocycles. The first kappa shape index (κ1) is 16.4. The summed E-state index contributed by atoms with van der Waals surface area (Å²) in [6.07, 6.45) is 0.358. The zero-order valence-electron chi connectivity index (χ0n) is 13.3. The normalized spacial score (nSPS) is 13.6. The topological polar surface area (TPSA) is 87.5 Å². The van der Waals surface area contributed by atoms with Gasteiger partial charge in [-0.1, -0.05) is 24.3 Å². The molecule has 1 heterocycles. The maximum absolute atomic E-state index is 12.3. The summed E-state index contributed by atoms with van der Waals surface area (Å²) in [5, 5.41) is 9.05.